The molecule has 0 saturated carbocycles. The van der Waals surface area contributed by atoms with Crippen LogP contribution in [0.2, 0.25) is 0 Å². The van der Waals surface area contributed by atoms with Crippen LogP contribution < -0.4 is 5.32 Å². The van der Waals surface area contributed by atoms with E-state index in [1.54, 1.807) is 18.9 Å². The number of anilines is 1. The molecule has 1 rings (SSSR count). The molecular formula is C12H20N4O3S2. The zero-order chi connectivity index (χ0) is 15.7. The van der Waals surface area contributed by atoms with E-state index in [9.17, 15) is 9.59 Å². The van der Waals surface area contributed by atoms with Crippen LogP contribution in [0.3, 0.4) is 0 Å². The van der Waals surface area contributed by atoms with Crippen LogP contribution in [0.5, 0.6) is 0 Å². The number of hydrogen-bond donors (Lipinski definition) is 1. The standard InChI is InChI=1S/C12H20N4O3S2/c1-4-6-7-16(3)11(18)13-10-14-15-12(21-10)20-8-9(17)19-5-2/h4-8H2,1-3H3,(H,13,14,18). The maximum Gasteiger partial charge on any atom is 0.323 e. The Morgan fingerprint density at radius 1 is 1.38 bits per heavy atom. The molecule has 0 aromatic carbocycles. The number of carbonyl (C=O) groups excluding carboxylic acids is 2. The molecule has 1 heterocycles. The van der Waals surface area contributed by atoms with Crippen molar-refractivity contribution in [3.05, 3.63) is 0 Å². The molecule has 1 aromatic rings. The Balaban J connectivity index is 2.40. The fourth-order valence-electron chi connectivity index (χ4n) is 1.33. The van der Waals surface area contributed by atoms with Gasteiger partial charge in [0, 0.05) is 13.6 Å². The number of ether oxygens (including phenoxy) is 1. The number of nitrogens with one attached hydrogen (secondary N) is 1. The lowest BCUT2D eigenvalue weighted by atomic mass is 10.3. The van der Waals surface area contributed by atoms with Crippen LogP contribution in [0.15, 0.2) is 4.34 Å². The molecular weight excluding hydrogens is 312 g/mol. The first-order valence-electron chi connectivity index (χ1n) is 6.70. The summed E-state index contributed by atoms with van der Waals surface area (Å²) in [5, 5.41) is 10.9. The van der Waals surface area contributed by atoms with Crippen molar-refractivity contribution >= 4 is 40.2 Å². The van der Waals surface area contributed by atoms with Crippen LogP contribution in [-0.2, 0) is 9.53 Å². The van der Waals surface area contributed by atoms with Gasteiger partial charge in [0.25, 0.3) is 0 Å². The molecule has 118 valence electrons. The van der Waals surface area contributed by atoms with Gasteiger partial charge in [0.15, 0.2) is 4.34 Å². The number of nitrogens with zero attached hydrogens (tertiary/aromatic N) is 3. The van der Waals surface area contributed by atoms with Gasteiger partial charge in [-0.2, -0.15) is 0 Å². The number of unbranched alkanes of at least 4 members (excludes halogenated alkanes) is 1. The molecule has 0 unspecified atom stereocenters. The fraction of sp³-hybridized carbons (Fsp3) is 0.667. The second-order valence-electron chi connectivity index (χ2n) is 4.17. The first kappa shape index (κ1) is 17.7. The third-order valence-electron chi connectivity index (χ3n) is 2.43. The summed E-state index contributed by atoms with van der Waals surface area (Å²) in [6.07, 6.45) is 1.99. The summed E-state index contributed by atoms with van der Waals surface area (Å²) in [6, 6.07) is -0.207. The number of carbonyl (C=O) groups is 2. The third kappa shape index (κ3) is 6.76. The van der Waals surface area contributed by atoms with Crippen molar-refractivity contribution in [2.24, 2.45) is 0 Å². The Morgan fingerprint density at radius 2 is 2.14 bits per heavy atom. The quantitative estimate of drug-likeness (QED) is 0.447. The molecule has 0 aliphatic rings. The number of esters is 1. The largest absolute Gasteiger partial charge is 0.465 e. The monoisotopic (exact) mass is 332 g/mol. The van der Waals surface area contributed by atoms with Gasteiger partial charge in [0.1, 0.15) is 0 Å². The highest BCUT2D eigenvalue weighted by atomic mass is 32.2. The first-order valence-corrected chi connectivity index (χ1v) is 8.51. The summed E-state index contributed by atoms with van der Waals surface area (Å²) in [7, 11) is 1.74. The van der Waals surface area contributed by atoms with Gasteiger partial charge in [-0.1, -0.05) is 36.4 Å². The van der Waals surface area contributed by atoms with Crippen molar-refractivity contribution in [3.8, 4) is 0 Å². The molecule has 0 radical (unpaired) electrons. The minimum atomic E-state index is -0.289. The fourth-order valence-corrected chi connectivity index (χ4v) is 2.87. The average Bonchev–Trinajstić information content (AvgIpc) is 2.90. The lowest BCUT2D eigenvalue weighted by Gasteiger charge is -2.15. The molecule has 0 aliphatic heterocycles. The Morgan fingerprint density at radius 3 is 2.81 bits per heavy atom. The molecule has 0 aliphatic carbocycles. The van der Waals surface area contributed by atoms with E-state index in [-0.39, 0.29) is 17.8 Å². The van der Waals surface area contributed by atoms with Gasteiger partial charge in [-0.15, -0.1) is 10.2 Å². The van der Waals surface area contributed by atoms with Gasteiger partial charge in [0.05, 0.1) is 12.4 Å². The summed E-state index contributed by atoms with van der Waals surface area (Å²) in [4.78, 5) is 24.7. The van der Waals surface area contributed by atoms with Gasteiger partial charge < -0.3 is 9.64 Å². The van der Waals surface area contributed by atoms with Gasteiger partial charge in [-0.3, -0.25) is 10.1 Å². The van der Waals surface area contributed by atoms with Crippen LogP contribution in [-0.4, -0.2) is 53.0 Å². The summed E-state index contributed by atoms with van der Waals surface area (Å²) in [5.74, 6) is -0.102. The molecule has 1 aromatic heterocycles. The summed E-state index contributed by atoms with van der Waals surface area (Å²) in [6.45, 7) is 4.90. The molecule has 0 bridgehead atoms. The van der Waals surface area contributed by atoms with E-state index in [1.807, 2.05) is 0 Å². The average molecular weight is 332 g/mol. The second kappa shape index (κ2) is 9.56. The topological polar surface area (TPSA) is 84.4 Å². The molecule has 1 N–H and O–H groups in total. The summed E-state index contributed by atoms with van der Waals surface area (Å²) in [5.41, 5.74) is 0. The number of amides is 2. The van der Waals surface area contributed by atoms with Crippen LogP contribution in [0.4, 0.5) is 9.93 Å². The van der Waals surface area contributed by atoms with E-state index in [2.05, 4.69) is 22.4 Å². The molecule has 9 heteroatoms. The Kier molecular flexibility index (Phi) is 8.06. The SMILES string of the molecule is CCCCN(C)C(=O)Nc1nnc(SCC(=O)OCC)s1. The zero-order valence-electron chi connectivity index (χ0n) is 12.4. The van der Waals surface area contributed by atoms with Gasteiger partial charge in [-0.05, 0) is 13.3 Å². The van der Waals surface area contributed by atoms with Crippen molar-refractivity contribution in [1.82, 2.24) is 15.1 Å². The van der Waals surface area contributed by atoms with E-state index in [1.165, 1.54) is 23.1 Å². The first-order chi connectivity index (χ1) is 10.1. The number of urea groups is 1. The van der Waals surface area contributed by atoms with E-state index < -0.39 is 0 Å². The molecule has 2 amide bonds. The highest BCUT2D eigenvalue weighted by molar-refractivity contribution is 8.01. The third-order valence-corrected chi connectivity index (χ3v) is 4.38. The van der Waals surface area contributed by atoms with Crippen LogP contribution >= 0.6 is 23.1 Å². The zero-order valence-corrected chi connectivity index (χ0v) is 14.1. The van der Waals surface area contributed by atoms with Gasteiger partial charge >= 0.3 is 12.0 Å². The number of hydrogen-bond acceptors (Lipinski definition) is 7. The Labute approximate surface area is 132 Å². The normalized spacial score (nSPS) is 10.2. The molecule has 0 fully saturated rings. The Hall–Kier alpha value is -1.35. The Bertz CT molecular complexity index is 467. The number of thioether (sulfide) groups is 1. The number of rotatable bonds is 8. The molecule has 7 nitrogen and oxygen atoms in total. The van der Waals surface area contributed by atoms with E-state index in [4.69, 9.17) is 4.74 Å². The molecule has 0 atom stereocenters. The van der Waals surface area contributed by atoms with Crippen molar-refractivity contribution in [3.63, 3.8) is 0 Å². The maximum atomic E-state index is 11.9. The molecule has 0 saturated heterocycles. The highest BCUT2D eigenvalue weighted by Gasteiger charge is 2.13. The van der Waals surface area contributed by atoms with Crippen LogP contribution in [0.25, 0.3) is 0 Å². The van der Waals surface area contributed by atoms with E-state index in [0.717, 1.165) is 12.8 Å². The van der Waals surface area contributed by atoms with Crippen molar-refractivity contribution in [2.75, 3.05) is 31.3 Å². The predicted octanol–water partition coefficient (Wildman–Crippen LogP) is 2.46. The van der Waals surface area contributed by atoms with Crippen molar-refractivity contribution in [1.29, 1.82) is 0 Å². The van der Waals surface area contributed by atoms with E-state index in [0.29, 0.717) is 22.6 Å². The maximum absolute atomic E-state index is 11.9. The summed E-state index contributed by atoms with van der Waals surface area (Å²) < 4.78 is 5.44. The lowest BCUT2D eigenvalue weighted by molar-refractivity contribution is -0.139. The van der Waals surface area contributed by atoms with Crippen LogP contribution in [0, 0.1) is 0 Å². The van der Waals surface area contributed by atoms with Crippen molar-refractivity contribution < 1.29 is 14.3 Å². The second-order valence-corrected chi connectivity index (χ2v) is 6.37. The minimum absolute atomic E-state index is 0.187. The smallest absolute Gasteiger partial charge is 0.323 e. The van der Waals surface area contributed by atoms with Gasteiger partial charge in [-0.25, -0.2) is 4.79 Å². The minimum Gasteiger partial charge on any atom is -0.465 e. The van der Waals surface area contributed by atoms with Crippen LogP contribution in [0.1, 0.15) is 26.7 Å². The molecule has 21 heavy (non-hydrogen) atoms. The highest BCUT2D eigenvalue weighted by Crippen LogP contribution is 2.25. The van der Waals surface area contributed by atoms with Gasteiger partial charge in [0.2, 0.25) is 5.13 Å². The predicted molar refractivity (Wildman–Crippen MR) is 83.8 cm³/mol. The lowest BCUT2D eigenvalue weighted by Crippen LogP contribution is -2.32. The van der Waals surface area contributed by atoms with E-state index >= 15 is 0 Å². The van der Waals surface area contributed by atoms with Crippen molar-refractivity contribution in [2.45, 2.75) is 31.0 Å². The summed E-state index contributed by atoms with van der Waals surface area (Å²) >= 11 is 2.48. The molecule has 0 spiro atoms. The number of aromatic nitrogens is 2.